The number of carbonyl (C=O) groups is 2. The van der Waals surface area contributed by atoms with Gasteiger partial charge in [-0.1, -0.05) is 30.3 Å². The van der Waals surface area contributed by atoms with Gasteiger partial charge in [0.25, 0.3) is 0 Å². The summed E-state index contributed by atoms with van der Waals surface area (Å²) < 4.78 is 45.9. The molecule has 2 rings (SSSR count). The lowest BCUT2D eigenvalue weighted by Crippen LogP contribution is -2.50. The number of rotatable bonds is 10. The Kier molecular flexibility index (Phi) is 8.59. The first-order valence-corrected chi connectivity index (χ1v) is 11.9. The van der Waals surface area contributed by atoms with Crippen LogP contribution in [0.15, 0.2) is 48.5 Å². The fourth-order valence-corrected chi connectivity index (χ4v) is 3.99. The van der Waals surface area contributed by atoms with Crippen LogP contribution in [0.25, 0.3) is 0 Å². The third-order valence-corrected chi connectivity index (χ3v) is 5.95. The van der Waals surface area contributed by atoms with Crippen LogP contribution in [0.4, 0.5) is 10.1 Å². The van der Waals surface area contributed by atoms with Crippen LogP contribution in [0.3, 0.4) is 0 Å². The first-order valence-electron chi connectivity index (χ1n) is 10.0. The van der Waals surface area contributed by atoms with Gasteiger partial charge in [0.05, 0.1) is 18.6 Å². The second-order valence-corrected chi connectivity index (χ2v) is 8.98. The normalized spacial score (nSPS) is 12.0. The summed E-state index contributed by atoms with van der Waals surface area (Å²) in [7, 11) is -2.47. The molecule has 2 aromatic carbocycles. The van der Waals surface area contributed by atoms with Crippen LogP contribution < -0.4 is 14.4 Å². The topological polar surface area (TPSA) is 96.0 Å². The second-order valence-electron chi connectivity index (χ2n) is 7.07. The first kappa shape index (κ1) is 25.1. The van der Waals surface area contributed by atoms with Gasteiger partial charge in [-0.2, -0.15) is 0 Å². The van der Waals surface area contributed by atoms with Crippen molar-refractivity contribution in [2.45, 2.75) is 26.4 Å². The summed E-state index contributed by atoms with van der Waals surface area (Å²) >= 11 is 0. The molecule has 174 valence electrons. The molecule has 2 amide bonds. The number of ether oxygens (including phenoxy) is 1. The third-order valence-electron chi connectivity index (χ3n) is 4.83. The minimum Gasteiger partial charge on any atom is -0.492 e. The number of nitrogens with zero attached hydrogens (tertiary/aromatic N) is 2. The lowest BCUT2D eigenvalue weighted by atomic mass is 10.1. The van der Waals surface area contributed by atoms with Gasteiger partial charge in [0.15, 0.2) is 0 Å². The molecule has 0 aliphatic carbocycles. The van der Waals surface area contributed by atoms with E-state index in [0.717, 1.165) is 15.5 Å². The summed E-state index contributed by atoms with van der Waals surface area (Å²) in [5.74, 6) is -1.36. The molecule has 0 aromatic heterocycles. The van der Waals surface area contributed by atoms with E-state index in [1.54, 1.807) is 31.2 Å². The number of halogens is 1. The molecular formula is C22H28FN3O5S. The zero-order valence-electron chi connectivity index (χ0n) is 18.5. The van der Waals surface area contributed by atoms with Crippen molar-refractivity contribution >= 4 is 27.5 Å². The van der Waals surface area contributed by atoms with E-state index in [0.29, 0.717) is 12.4 Å². The molecule has 0 radical (unpaired) electrons. The van der Waals surface area contributed by atoms with Gasteiger partial charge < -0.3 is 15.0 Å². The number of amides is 2. The van der Waals surface area contributed by atoms with E-state index in [2.05, 4.69) is 5.32 Å². The molecule has 0 saturated carbocycles. The van der Waals surface area contributed by atoms with Crippen LogP contribution in [-0.2, 0) is 26.2 Å². The molecule has 2 aromatic rings. The Morgan fingerprint density at radius 2 is 1.75 bits per heavy atom. The fourth-order valence-electron chi connectivity index (χ4n) is 3.14. The summed E-state index contributed by atoms with van der Waals surface area (Å²) in [5, 5.41) is 2.46. The minimum atomic E-state index is -3.89. The van der Waals surface area contributed by atoms with Crippen molar-refractivity contribution in [2.75, 3.05) is 30.8 Å². The molecular weight excluding hydrogens is 437 g/mol. The smallest absolute Gasteiger partial charge is 0.244 e. The molecule has 10 heteroatoms. The van der Waals surface area contributed by atoms with Crippen LogP contribution in [0.5, 0.6) is 5.75 Å². The molecule has 0 fully saturated rings. The van der Waals surface area contributed by atoms with Crippen LogP contribution >= 0.6 is 0 Å². The predicted octanol–water partition coefficient (Wildman–Crippen LogP) is 2.15. The summed E-state index contributed by atoms with van der Waals surface area (Å²) in [6.45, 7) is 2.77. The van der Waals surface area contributed by atoms with Crippen LogP contribution in [0.1, 0.15) is 19.4 Å². The highest BCUT2D eigenvalue weighted by molar-refractivity contribution is 7.92. The summed E-state index contributed by atoms with van der Waals surface area (Å²) in [4.78, 5) is 26.7. The quantitative estimate of drug-likeness (QED) is 0.580. The van der Waals surface area contributed by atoms with E-state index >= 15 is 0 Å². The van der Waals surface area contributed by atoms with E-state index in [9.17, 15) is 22.4 Å². The zero-order valence-corrected chi connectivity index (χ0v) is 19.4. The molecule has 0 heterocycles. The maximum absolute atomic E-state index is 14.3. The molecule has 0 aliphatic rings. The average molecular weight is 466 g/mol. The Morgan fingerprint density at radius 3 is 2.34 bits per heavy atom. The highest BCUT2D eigenvalue weighted by Crippen LogP contribution is 2.30. The summed E-state index contributed by atoms with van der Waals surface area (Å²) in [6.07, 6.45) is 0.979. The number of anilines is 1. The lowest BCUT2D eigenvalue weighted by molar-refractivity contribution is -0.139. The molecule has 0 spiro atoms. The van der Waals surface area contributed by atoms with Crippen molar-refractivity contribution < 1.29 is 27.1 Å². The van der Waals surface area contributed by atoms with Gasteiger partial charge in [-0.15, -0.1) is 0 Å². The van der Waals surface area contributed by atoms with E-state index in [4.69, 9.17) is 4.74 Å². The predicted molar refractivity (Wildman–Crippen MR) is 120 cm³/mol. The Balaban J connectivity index is 2.44. The van der Waals surface area contributed by atoms with Gasteiger partial charge >= 0.3 is 0 Å². The third kappa shape index (κ3) is 6.19. The number of hydrogen-bond acceptors (Lipinski definition) is 5. The van der Waals surface area contributed by atoms with Gasteiger partial charge in [-0.05, 0) is 32.0 Å². The zero-order chi connectivity index (χ0) is 23.9. The largest absolute Gasteiger partial charge is 0.492 e. The van der Waals surface area contributed by atoms with Crippen molar-refractivity contribution in [3.8, 4) is 5.75 Å². The highest BCUT2D eigenvalue weighted by atomic mass is 32.2. The Hall–Kier alpha value is -3.14. The molecule has 0 saturated heterocycles. The number of para-hydroxylation sites is 2. The lowest BCUT2D eigenvalue weighted by Gasteiger charge is -2.31. The van der Waals surface area contributed by atoms with Crippen LogP contribution in [0.2, 0.25) is 0 Å². The Bertz CT molecular complexity index is 1060. The SMILES string of the molecule is CCOc1ccccc1N(CC(=O)N(Cc1ccccc1F)C(C)C(=O)NC)S(C)(=O)=O. The number of benzene rings is 2. The number of carbonyl (C=O) groups excluding carboxylic acids is 2. The van der Waals surface area contributed by atoms with Crippen LogP contribution in [-0.4, -0.2) is 57.6 Å². The maximum Gasteiger partial charge on any atom is 0.244 e. The molecule has 1 unspecified atom stereocenters. The number of hydrogen-bond donors (Lipinski definition) is 1. The molecule has 1 atom stereocenters. The summed E-state index contributed by atoms with van der Waals surface area (Å²) in [6, 6.07) is 11.4. The van der Waals surface area contributed by atoms with Crippen molar-refractivity contribution in [3.05, 3.63) is 59.9 Å². The molecule has 1 N–H and O–H groups in total. The fraction of sp³-hybridized carbons (Fsp3) is 0.364. The second kappa shape index (κ2) is 10.9. The number of nitrogens with one attached hydrogen (secondary N) is 1. The first-order chi connectivity index (χ1) is 15.1. The van der Waals surface area contributed by atoms with Gasteiger partial charge in [0, 0.05) is 19.2 Å². The van der Waals surface area contributed by atoms with Crippen LogP contribution in [0, 0.1) is 5.82 Å². The van der Waals surface area contributed by atoms with Crippen molar-refractivity contribution in [2.24, 2.45) is 0 Å². The van der Waals surface area contributed by atoms with Gasteiger partial charge in [-0.25, -0.2) is 12.8 Å². The number of sulfonamides is 1. The van der Waals surface area contributed by atoms with E-state index < -0.39 is 40.2 Å². The minimum absolute atomic E-state index is 0.198. The Morgan fingerprint density at radius 1 is 1.12 bits per heavy atom. The molecule has 0 bridgehead atoms. The van der Waals surface area contributed by atoms with Gasteiger partial charge in [-0.3, -0.25) is 13.9 Å². The molecule has 8 nitrogen and oxygen atoms in total. The van der Waals surface area contributed by atoms with E-state index in [-0.39, 0.29) is 17.8 Å². The van der Waals surface area contributed by atoms with Gasteiger partial charge in [0.2, 0.25) is 21.8 Å². The van der Waals surface area contributed by atoms with Crippen molar-refractivity contribution in [1.29, 1.82) is 0 Å². The highest BCUT2D eigenvalue weighted by Gasteiger charge is 2.31. The maximum atomic E-state index is 14.3. The van der Waals surface area contributed by atoms with Crippen molar-refractivity contribution in [1.82, 2.24) is 10.2 Å². The van der Waals surface area contributed by atoms with E-state index in [1.807, 2.05) is 0 Å². The van der Waals surface area contributed by atoms with Gasteiger partial charge in [0.1, 0.15) is 24.2 Å². The van der Waals surface area contributed by atoms with Crippen molar-refractivity contribution in [3.63, 3.8) is 0 Å². The number of likely N-dealkylation sites (N-methyl/N-ethyl adjacent to an activating group) is 1. The monoisotopic (exact) mass is 465 g/mol. The standard InChI is InChI=1S/C22H28FN3O5S/c1-5-31-20-13-9-8-12-19(20)26(32(4,29)30)15-21(27)25(16(2)22(28)24-3)14-17-10-6-7-11-18(17)23/h6-13,16H,5,14-15H2,1-4H3,(H,24,28). The summed E-state index contributed by atoms with van der Waals surface area (Å²) in [5.41, 5.74) is 0.404. The molecule has 0 aliphatic heterocycles. The van der Waals surface area contributed by atoms with E-state index in [1.165, 1.54) is 38.2 Å². The Labute approximate surface area is 188 Å². The molecule has 32 heavy (non-hydrogen) atoms. The average Bonchev–Trinajstić information content (AvgIpc) is 2.75.